The largest absolute Gasteiger partial charge is 0.477 e. The first-order chi connectivity index (χ1) is 10.3. The van der Waals surface area contributed by atoms with Crippen LogP contribution in [0.5, 0.6) is 5.88 Å². The van der Waals surface area contributed by atoms with Crippen LogP contribution in [0, 0.1) is 0 Å². The number of aryl methyl sites for hydroxylation is 1. The zero-order chi connectivity index (χ0) is 14.9. The van der Waals surface area contributed by atoms with Gasteiger partial charge in [-0.05, 0) is 40.8 Å². The standard InChI is InChI=1S/C16H20BrN3O/c1-2-10-18-16-19-12-14(17)15(20-16)21-11-6-9-13-7-4-3-5-8-13/h3-5,7-8,12H,2,6,9-11H2,1H3,(H,18,19,20). The van der Waals surface area contributed by atoms with Crippen LogP contribution >= 0.6 is 15.9 Å². The summed E-state index contributed by atoms with van der Waals surface area (Å²) in [6.45, 7) is 3.60. The zero-order valence-electron chi connectivity index (χ0n) is 12.2. The molecule has 0 spiro atoms. The van der Waals surface area contributed by atoms with Gasteiger partial charge in [0.1, 0.15) is 0 Å². The van der Waals surface area contributed by atoms with Crippen LogP contribution in [0.1, 0.15) is 25.3 Å². The number of anilines is 1. The highest BCUT2D eigenvalue weighted by Crippen LogP contribution is 2.22. The normalized spacial score (nSPS) is 10.4. The summed E-state index contributed by atoms with van der Waals surface area (Å²) < 4.78 is 6.52. The molecule has 0 amide bonds. The van der Waals surface area contributed by atoms with Gasteiger partial charge in [0.05, 0.1) is 17.3 Å². The molecule has 1 aromatic carbocycles. The summed E-state index contributed by atoms with van der Waals surface area (Å²) in [4.78, 5) is 8.57. The topological polar surface area (TPSA) is 47.0 Å². The summed E-state index contributed by atoms with van der Waals surface area (Å²) >= 11 is 3.42. The van der Waals surface area contributed by atoms with E-state index in [-0.39, 0.29) is 0 Å². The minimum atomic E-state index is 0.594. The molecule has 21 heavy (non-hydrogen) atoms. The molecule has 0 aliphatic heterocycles. The molecule has 0 saturated heterocycles. The van der Waals surface area contributed by atoms with Gasteiger partial charge in [-0.25, -0.2) is 4.98 Å². The average Bonchev–Trinajstić information content (AvgIpc) is 2.53. The first-order valence-electron chi connectivity index (χ1n) is 7.22. The van der Waals surface area contributed by atoms with Crippen LogP contribution in [0.15, 0.2) is 41.0 Å². The average molecular weight is 350 g/mol. The van der Waals surface area contributed by atoms with Gasteiger partial charge in [-0.2, -0.15) is 4.98 Å². The molecular weight excluding hydrogens is 330 g/mol. The highest BCUT2D eigenvalue weighted by Gasteiger charge is 2.06. The quantitative estimate of drug-likeness (QED) is 0.729. The van der Waals surface area contributed by atoms with E-state index in [1.54, 1.807) is 6.20 Å². The number of nitrogens with one attached hydrogen (secondary N) is 1. The zero-order valence-corrected chi connectivity index (χ0v) is 13.8. The van der Waals surface area contributed by atoms with E-state index >= 15 is 0 Å². The van der Waals surface area contributed by atoms with Gasteiger partial charge < -0.3 is 10.1 Å². The van der Waals surface area contributed by atoms with Crippen LogP contribution < -0.4 is 10.1 Å². The number of nitrogens with zero attached hydrogens (tertiary/aromatic N) is 2. The minimum absolute atomic E-state index is 0.594. The third kappa shape index (κ3) is 5.34. The first kappa shape index (κ1) is 15.8. The van der Waals surface area contributed by atoms with E-state index in [2.05, 4.69) is 62.4 Å². The lowest BCUT2D eigenvalue weighted by Crippen LogP contribution is -2.07. The maximum absolute atomic E-state index is 5.74. The van der Waals surface area contributed by atoms with Crippen molar-refractivity contribution in [3.63, 3.8) is 0 Å². The maximum atomic E-state index is 5.74. The summed E-state index contributed by atoms with van der Waals surface area (Å²) in [5.41, 5.74) is 1.33. The Morgan fingerprint density at radius 3 is 2.81 bits per heavy atom. The SMILES string of the molecule is CCCNc1ncc(Br)c(OCCCc2ccccc2)n1. The molecule has 1 N–H and O–H groups in total. The maximum Gasteiger partial charge on any atom is 0.232 e. The molecule has 0 unspecified atom stereocenters. The minimum Gasteiger partial charge on any atom is -0.477 e. The number of rotatable bonds is 8. The van der Waals surface area contributed by atoms with Gasteiger partial charge in [0.25, 0.3) is 0 Å². The summed E-state index contributed by atoms with van der Waals surface area (Å²) in [6.07, 6.45) is 4.72. The van der Waals surface area contributed by atoms with Crippen LogP contribution in [-0.2, 0) is 6.42 Å². The second-order valence-corrected chi connectivity index (χ2v) is 5.57. The lowest BCUT2D eigenvalue weighted by Gasteiger charge is -2.09. The van der Waals surface area contributed by atoms with Crippen molar-refractivity contribution in [2.75, 3.05) is 18.5 Å². The van der Waals surface area contributed by atoms with Crippen molar-refractivity contribution in [3.05, 3.63) is 46.6 Å². The van der Waals surface area contributed by atoms with Gasteiger partial charge in [-0.1, -0.05) is 37.3 Å². The molecule has 2 rings (SSSR count). The van der Waals surface area contributed by atoms with Gasteiger partial charge in [0.15, 0.2) is 0 Å². The Bertz CT molecular complexity index is 548. The van der Waals surface area contributed by atoms with Crippen LogP contribution in [0.4, 0.5) is 5.95 Å². The van der Waals surface area contributed by atoms with Gasteiger partial charge in [0, 0.05) is 6.54 Å². The summed E-state index contributed by atoms with van der Waals surface area (Å²) in [6, 6.07) is 10.4. The Kier molecular flexibility index (Phi) is 6.47. The number of benzene rings is 1. The van der Waals surface area contributed by atoms with E-state index in [0.29, 0.717) is 18.4 Å². The third-order valence-corrected chi connectivity index (χ3v) is 3.48. The molecule has 5 heteroatoms. The summed E-state index contributed by atoms with van der Waals surface area (Å²) in [5.74, 6) is 1.20. The summed E-state index contributed by atoms with van der Waals surface area (Å²) in [7, 11) is 0. The van der Waals surface area contributed by atoms with E-state index in [9.17, 15) is 0 Å². The van der Waals surface area contributed by atoms with Crippen LogP contribution in [0.2, 0.25) is 0 Å². The highest BCUT2D eigenvalue weighted by atomic mass is 79.9. The van der Waals surface area contributed by atoms with E-state index in [1.807, 2.05) is 6.07 Å². The Morgan fingerprint density at radius 2 is 2.05 bits per heavy atom. The van der Waals surface area contributed by atoms with Crippen molar-refractivity contribution in [1.82, 2.24) is 9.97 Å². The fourth-order valence-electron chi connectivity index (χ4n) is 1.86. The molecule has 4 nitrogen and oxygen atoms in total. The van der Waals surface area contributed by atoms with E-state index < -0.39 is 0 Å². The van der Waals surface area contributed by atoms with E-state index in [4.69, 9.17) is 4.74 Å². The number of aromatic nitrogens is 2. The Morgan fingerprint density at radius 1 is 1.24 bits per heavy atom. The fourth-order valence-corrected chi connectivity index (χ4v) is 2.17. The Labute approximate surface area is 134 Å². The van der Waals surface area contributed by atoms with Crippen molar-refractivity contribution in [2.45, 2.75) is 26.2 Å². The second kappa shape index (κ2) is 8.62. The molecule has 0 atom stereocenters. The number of ether oxygens (including phenoxy) is 1. The van der Waals surface area contributed by atoms with E-state index in [0.717, 1.165) is 30.3 Å². The molecule has 0 aliphatic rings. The summed E-state index contributed by atoms with van der Waals surface area (Å²) in [5, 5.41) is 3.16. The molecule has 1 aromatic heterocycles. The third-order valence-electron chi connectivity index (χ3n) is 2.94. The van der Waals surface area contributed by atoms with Gasteiger partial charge >= 0.3 is 0 Å². The monoisotopic (exact) mass is 349 g/mol. The number of hydrogen-bond donors (Lipinski definition) is 1. The van der Waals surface area contributed by atoms with Crippen molar-refractivity contribution in [1.29, 1.82) is 0 Å². The fraction of sp³-hybridized carbons (Fsp3) is 0.375. The van der Waals surface area contributed by atoms with Crippen molar-refractivity contribution in [3.8, 4) is 5.88 Å². The molecule has 0 radical (unpaired) electrons. The second-order valence-electron chi connectivity index (χ2n) is 4.71. The smallest absolute Gasteiger partial charge is 0.232 e. The van der Waals surface area contributed by atoms with Gasteiger partial charge in [-0.15, -0.1) is 0 Å². The number of halogens is 1. The highest BCUT2D eigenvalue weighted by molar-refractivity contribution is 9.10. The molecule has 0 saturated carbocycles. The van der Waals surface area contributed by atoms with Crippen molar-refractivity contribution in [2.24, 2.45) is 0 Å². The molecule has 0 bridgehead atoms. The number of hydrogen-bond acceptors (Lipinski definition) is 4. The Hall–Kier alpha value is -1.62. The molecular formula is C16H20BrN3O. The van der Waals surface area contributed by atoms with Crippen LogP contribution in [-0.4, -0.2) is 23.1 Å². The lowest BCUT2D eigenvalue weighted by molar-refractivity contribution is 0.297. The Balaban J connectivity index is 1.82. The molecule has 2 aromatic rings. The van der Waals surface area contributed by atoms with Gasteiger partial charge in [0.2, 0.25) is 11.8 Å². The lowest BCUT2D eigenvalue weighted by atomic mass is 10.1. The molecule has 0 fully saturated rings. The van der Waals surface area contributed by atoms with Gasteiger partial charge in [-0.3, -0.25) is 0 Å². The van der Waals surface area contributed by atoms with Crippen LogP contribution in [0.25, 0.3) is 0 Å². The predicted molar refractivity (Wildman–Crippen MR) is 88.8 cm³/mol. The predicted octanol–water partition coefficient (Wildman–Crippen LogP) is 4.07. The molecule has 112 valence electrons. The van der Waals surface area contributed by atoms with Crippen molar-refractivity contribution >= 4 is 21.9 Å². The van der Waals surface area contributed by atoms with Crippen molar-refractivity contribution < 1.29 is 4.74 Å². The van der Waals surface area contributed by atoms with Crippen LogP contribution in [0.3, 0.4) is 0 Å². The molecule has 1 heterocycles. The molecule has 0 aliphatic carbocycles. The van der Waals surface area contributed by atoms with E-state index in [1.165, 1.54) is 5.56 Å². The first-order valence-corrected chi connectivity index (χ1v) is 8.02.